The number of anilines is 1. The lowest BCUT2D eigenvalue weighted by atomic mass is 10.1. The van der Waals surface area contributed by atoms with E-state index in [1.54, 1.807) is 0 Å². The number of ether oxygens (including phenoxy) is 2. The first-order valence-electron chi connectivity index (χ1n) is 11.8. The number of carbonyl (C=O) groups excluding carboxylic acids is 1. The molecule has 170 valence electrons. The van der Waals surface area contributed by atoms with Crippen LogP contribution in [0.3, 0.4) is 0 Å². The van der Waals surface area contributed by atoms with Crippen molar-refractivity contribution < 1.29 is 14.3 Å². The highest BCUT2D eigenvalue weighted by molar-refractivity contribution is 5.86. The fourth-order valence-electron chi connectivity index (χ4n) is 3.73. The normalized spacial score (nSPS) is 15.5. The van der Waals surface area contributed by atoms with Gasteiger partial charge in [0.25, 0.3) is 0 Å². The van der Waals surface area contributed by atoms with Crippen LogP contribution >= 0.6 is 0 Å². The maximum atomic E-state index is 12.3. The van der Waals surface area contributed by atoms with Crippen molar-refractivity contribution >= 4 is 11.8 Å². The lowest BCUT2D eigenvalue weighted by Crippen LogP contribution is -2.46. The number of carbonyl (C=O) groups is 1. The standard InChI is InChI=1S/C24H41N3O3/c1-3-4-5-6-7-8-9-12-19-29-23-14-11-10-13-22(23)26-24(28)30-21(2)20-27-17-15-25-16-18-27/h10-11,13-14,21,25H,3-9,12,15-20H2,1-2H3,(H,26,28). The number of para-hydroxylation sites is 2. The molecule has 1 aliphatic heterocycles. The van der Waals surface area contributed by atoms with Crippen LogP contribution in [0.1, 0.15) is 65.2 Å². The van der Waals surface area contributed by atoms with Crippen LogP contribution in [0.15, 0.2) is 24.3 Å². The topological polar surface area (TPSA) is 62.8 Å². The van der Waals surface area contributed by atoms with Gasteiger partial charge in [-0.25, -0.2) is 4.79 Å². The summed E-state index contributed by atoms with van der Waals surface area (Å²) >= 11 is 0. The van der Waals surface area contributed by atoms with Gasteiger partial charge in [0.05, 0.1) is 12.3 Å². The molecule has 1 fully saturated rings. The van der Waals surface area contributed by atoms with Crippen molar-refractivity contribution in [3.8, 4) is 5.75 Å². The summed E-state index contributed by atoms with van der Waals surface area (Å²) in [5, 5.41) is 6.17. The van der Waals surface area contributed by atoms with Crippen molar-refractivity contribution in [1.29, 1.82) is 0 Å². The van der Waals surface area contributed by atoms with Crippen LogP contribution in [0, 0.1) is 0 Å². The number of nitrogens with zero attached hydrogens (tertiary/aromatic N) is 1. The summed E-state index contributed by atoms with van der Waals surface area (Å²) in [4.78, 5) is 14.6. The minimum absolute atomic E-state index is 0.159. The second kappa shape index (κ2) is 15.1. The number of benzene rings is 1. The Kier molecular flexibility index (Phi) is 12.3. The summed E-state index contributed by atoms with van der Waals surface area (Å²) < 4.78 is 11.5. The van der Waals surface area contributed by atoms with E-state index in [0.717, 1.165) is 39.1 Å². The van der Waals surface area contributed by atoms with Crippen LogP contribution in [0.4, 0.5) is 10.5 Å². The number of hydrogen-bond donors (Lipinski definition) is 2. The van der Waals surface area contributed by atoms with E-state index >= 15 is 0 Å². The van der Waals surface area contributed by atoms with Gasteiger partial charge in [0, 0.05) is 32.7 Å². The van der Waals surface area contributed by atoms with Crippen molar-refractivity contribution in [3.05, 3.63) is 24.3 Å². The molecule has 0 spiro atoms. The van der Waals surface area contributed by atoms with E-state index in [1.165, 1.54) is 44.9 Å². The van der Waals surface area contributed by atoms with Gasteiger partial charge in [-0.1, -0.05) is 64.0 Å². The van der Waals surface area contributed by atoms with E-state index in [1.807, 2.05) is 31.2 Å². The third-order valence-electron chi connectivity index (χ3n) is 5.41. The van der Waals surface area contributed by atoms with Crippen molar-refractivity contribution in [2.75, 3.05) is 44.6 Å². The van der Waals surface area contributed by atoms with Gasteiger partial charge in [0.1, 0.15) is 11.9 Å². The Hall–Kier alpha value is -1.79. The summed E-state index contributed by atoms with van der Waals surface area (Å²) in [6.07, 6.45) is 9.57. The number of hydrogen-bond acceptors (Lipinski definition) is 5. The predicted molar refractivity (Wildman–Crippen MR) is 123 cm³/mol. The van der Waals surface area contributed by atoms with E-state index in [9.17, 15) is 4.79 Å². The van der Waals surface area contributed by atoms with Crippen LogP contribution < -0.4 is 15.4 Å². The van der Waals surface area contributed by atoms with Crippen LogP contribution in [0.5, 0.6) is 5.75 Å². The van der Waals surface area contributed by atoms with Gasteiger partial charge >= 0.3 is 6.09 Å². The second-order valence-electron chi connectivity index (χ2n) is 8.21. The van der Waals surface area contributed by atoms with Gasteiger partial charge in [-0.3, -0.25) is 10.2 Å². The molecule has 1 saturated heterocycles. The molecule has 1 aromatic carbocycles. The highest BCUT2D eigenvalue weighted by Gasteiger charge is 2.17. The molecule has 2 N–H and O–H groups in total. The average Bonchev–Trinajstić information content (AvgIpc) is 2.74. The summed E-state index contributed by atoms with van der Waals surface area (Å²) in [6, 6.07) is 7.56. The Morgan fingerprint density at radius 1 is 1.07 bits per heavy atom. The number of piperazine rings is 1. The predicted octanol–water partition coefficient (Wildman–Crippen LogP) is 5.05. The molecule has 0 aliphatic carbocycles. The third kappa shape index (κ3) is 10.3. The van der Waals surface area contributed by atoms with E-state index in [2.05, 4.69) is 22.5 Å². The highest BCUT2D eigenvalue weighted by atomic mass is 16.6. The monoisotopic (exact) mass is 419 g/mol. The van der Waals surface area contributed by atoms with E-state index < -0.39 is 6.09 Å². The largest absolute Gasteiger partial charge is 0.491 e. The minimum Gasteiger partial charge on any atom is -0.491 e. The zero-order valence-corrected chi connectivity index (χ0v) is 19.0. The Balaban J connectivity index is 1.65. The Morgan fingerprint density at radius 2 is 1.73 bits per heavy atom. The smallest absolute Gasteiger partial charge is 0.412 e. The second-order valence-corrected chi connectivity index (χ2v) is 8.21. The summed E-state index contributed by atoms with van der Waals surface area (Å²) in [5.41, 5.74) is 0.663. The SMILES string of the molecule is CCCCCCCCCCOc1ccccc1NC(=O)OC(C)CN1CCNCC1. The summed E-state index contributed by atoms with van der Waals surface area (Å²) in [5.74, 6) is 0.701. The molecule has 1 aromatic rings. The van der Waals surface area contributed by atoms with Gasteiger partial charge in [0.15, 0.2) is 0 Å². The van der Waals surface area contributed by atoms with E-state index in [-0.39, 0.29) is 6.10 Å². The van der Waals surface area contributed by atoms with Gasteiger partial charge in [0.2, 0.25) is 0 Å². The first-order valence-corrected chi connectivity index (χ1v) is 11.8. The number of unbranched alkanes of at least 4 members (excludes halogenated alkanes) is 7. The molecule has 30 heavy (non-hydrogen) atoms. The molecule has 0 bridgehead atoms. The van der Waals surface area contributed by atoms with Crippen molar-refractivity contribution in [1.82, 2.24) is 10.2 Å². The lowest BCUT2D eigenvalue weighted by molar-refractivity contribution is 0.0856. The molecule has 1 unspecified atom stereocenters. The van der Waals surface area contributed by atoms with Crippen LogP contribution in [0.2, 0.25) is 0 Å². The lowest BCUT2D eigenvalue weighted by Gasteiger charge is -2.29. The molecule has 0 aromatic heterocycles. The Labute approximate surface area is 182 Å². The molecular weight excluding hydrogens is 378 g/mol. The molecule has 6 heteroatoms. The van der Waals surface area contributed by atoms with E-state index in [4.69, 9.17) is 9.47 Å². The molecule has 1 amide bonds. The van der Waals surface area contributed by atoms with Gasteiger partial charge in [-0.15, -0.1) is 0 Å². The molecule has 2 rings (SSSR count). The van der Waals surface area contributed by atoms with Crippen LogP contribution in [-0.4, -0.2) is 56.4 Å². The van der Waals surface area contributed by atoms with Crippen LogP contribution in [-0.2, 0) is 4.74 Å². The zero-order valence-electron chi connectivity index (χ0n) is 19.0. The molecule has 1 atom stereocenters. The fraction of sp³-hybridized carbons (Fsp3) is 0.708. The Morgan fingerprint density at radius 3 is 2.47 bits per heavy atom. The quantitative estimate of drug-likeness (QED) is 0.413. The maximum absolute atomic E-state index is 12.3. The first-order chi connectivity index (χ1) is 14.7. The summed E-state index contributed by atoms with van der Waals surface area (Å²) in [6.45, 7) is 9.57. The molecule has 0 saturated carbocycles. The van der Waals surface area contributed by atoms with Crippen molar-refractivity contribution in [2.24, 2.45) is 0 Å². The van der Waals surface area contributed by atoms with E-state index in [0.29, 0.717) is 18.0 Å². The van der Waals surface area contributed by atoms with Crippen molar-refractivity contribution in [2.45, 2.75) is 71.3 Å². The van der Waals surface area contributed by atoms with Gasteiger partial charge in [-0.05, 0) is 25.5 Å². The molecule has 0 radical (unpaired) electrons. The number of amides is 1. The summed E-state index contributed by atoms with van der Waals surface area (Å²) in [7, 11) is 0. The van der Waals surface area contributed by atoms with Crippen molar-refractivity contribution in [3.63, 3.8) is 0 Å². The van der Waals surface area contributed by atoms with Gasteiger partial charge < -0.3 is 14.8 Å². The minimum atomic E-state index is -0.430. The molecule has 1 heterocycles. The molecule has 1 aliphatic rings. The highest BCUT2D eigenvalue weighted by Crippen LogP contribution is 2.24. The Bertz CT molecular complexity index is 591. The average molecular weight is 420 g/mol. The number of nitrogens with one attached hydrogen (secondary N) is 2. The van der Waals surface area contributed by atoms with Gasteiger partial charge in [-0.2, -0.15) is 0 Å². The number of rotatable bonds is 14. The molecular formula is C24H41N3O3. The third-order valence-corrected chi connectivity index (χ3v) is 5.41. The molecule has 6 nitrogen and oxygen atoms in total. The maximum Gasteiger partial charge on any atom is 0.412 e. The first kappa shape index (κ1) is 24.5. The zero-order chi connectivity index (χ0) is 21.4. The fourth-order valence-corrected chi connectivity index (χ4v) is 3.73. The van der Waals surface area contributed by atoms with Crippen LogP contribution in [0.25, 0.3) is 0 Å².